The predicted molar refractivity (Wildman–Crippen MR) is 147 cm³/mol. The average molecular weight is 506 g/mol. The summed E-state index contributed by atoms with van der Waals surface area (Å²) in [4.78, 5) is 32.0. The zero-order valence-corrected chi connectivity index (χ0v) is 21.3. The number of nitrogens with zero attached hydrogens (tertiary/aromatic N) is 2. The average Bonchev–Trinajstić information content (AvgIpc) is 2.91. The number of halogens is 1. The molecule has 0 radical (unpaired) electrons. The Bertz CT molecular complexity index is 1160. The van der Waals surface area contributed by atoms with Crippen LogP contribution in [-0.4, -0.2) is 48.5 Å². The Morgan fingerprint density at radius 2 is 1.78 bits per heavy atom. The van der Waals surface area contributed by atoms with Crippen LogP contribution >= 0.6 is 11.6 Å². The summed E-state index contributed by atoms with van der Waals surface area (Å²) < 4.78 is 0. The van der Waals surface area contributed by atoms with Gasteiger partial charge in [0.1, 0.15) is 12.5 Å². The highest BCUT2D eigenvalue weighted by atomic mass is 35.5. The van der Waals surface area contributed by atoms with Gasteiger partial charge in [0.15, 0.2) is 0 Å². The van der Waals surface area contributed by atoms with Gasteiger partial charge < -0.3 is 15.5 Å². The highest BCUT2D eigenvalue weighted by Crippen LogP contribution is 2.22. The smallest absolute Gasteiger partial charge is 0.255 e. The highest BCUT2D eigenvalue weighted by Gasteiger charge is 2.17. The van der Waals surface area contributed by atoms with Crippen molar-refractivity contribution in [2.45, 2.75) is 32.6 Å². The molecule has 0 bridgehead atoms. The van der Waals surface area contributed by atoms with Crippen LogP contribution in [0.25, 0.3) is 0 Å². The Hall–Kier alpha value is -3.71. The molecule has 8 heteroatoms. The number of amides is 2. The van der Waals surface area contributed by atoms with Gasteiger partial charge in [-0.05, 0) is 61.6 Å². The first kappa shape index (κ1) is 26.9. The second-order valence-electron chi connectivity index (χ2n) is 8.41. The Morgan fingerprint density at radius 3 is 2.44 bits per heavy atom. The summed E-state index contributed by atoms with van der Waals surface area (Å²) in [5.74, 6) is -0.290. The van der Waals surface area contributed by atoms with Gasteiger partial charge in [-0.1, -0.05) is 49.4 Å². The molecule has 1 aliphatic heterocycles. The second-order valence-corrected chi connectivity index (χ2v) is 8.85. The van der Waals surface area contributed by atoms with E-state index in [1.54, 1.807) is 48.7 Å². The summed E-state index contributed by atoms with van der Waals surface area (Å²) in [5, 5.41) is 14.3. The lowest BCUT2D eigenvalue weighted by molar-refractivity contribution is 0.0956. The van der Waals surface area contributed by atoms with Gasteiger partial charge in [-0.15, -0.1) is 0 Å². The first-order chi connectivity index (χ1) is 17.4. The molecule has 1 heterocycles. The number of hydrogen-bond acceptors (Lipinski definition) is 4. The Kier molecular flexibility index (Phi) is 10.0. The van der Waals surface area contributed by atoms with E-state index in [-0.39, 0.29) is 18.1 Å². The molecule has 3 N–H and O–H groups in total. The van der Waals surface area contributed by atoms with Crippen LogP contribution in [0.15, 0.2) is 71.8 Å². The van der Waals surface area contributed by atoms with Crippen LogP contribution in [0.5, 0.6) is 0 Å². The number of hydrogen-bond donors (Lipinski definition) is 3. The van der Waals surface area contributed by atoms with E-state index in [2.05, 4.69) is 27.1 Å². The number of allylic oxidation sites excluding steroid dienone is 3. The molecule has 0 atom stereocenters. The molecule has 0 saturated carbocycles. The van der Waals surface area contributed by atoms with Crippen molar-refractivity contribution < 1.29 is 9.59 Å². The first-order valence-corrected chi connectivity index (χ1v) is 12.5. The van der Waals surface area contributed by atoms with E-state index in [9.17, 15) is 9.59 Å². The van der Waals surface area contributed by atoms with Gasteiger partial charge in [0.05, 0.1) is 11.3 Å². The van der Waals surface area contributed by atoms with Crippen LogP contribution in [0.2, 0.25) is 5.02 Å². The van der Waals surface area contributed by atoms with Gasteiger partial charge >= 0.3 is 0 Å². The minimum Gasteiger partial charge on any atom is -0.357 e. The topological polar surface area (TPSA) is 97.6 Å². The number of nitrogens with one attached hydrogen (secondary N) is 3. The number of rotatable bonds is 9. The van der Waals surface area contributed by atoms with Crippen molar-refractivity contribution in [3.8, 4) is 0 Å². The van der Waals surface area contributed by atoms with Crippen LogP contribution in [0.3, 0.4) is 0 Å². The van der Waals surface area contributed by atoms with E-state index >= 15 is 0 Å². The van der Waals surface area contributed by atoms with Crippen molar-refractivity contribution in [2.75, 3.05) is 25.1 Å². The summed E-state index contributed by atoms with van der Waals surface area (Å²) in [7, 11) is 0. The van der Waals surface area contributed by atoms with Crippen LogP contribution in [0.4, 0.5) is 5.69 Å². The number of anilines is 1. The molecule has 2 aromatic rings. The van der Waals surface area contributed by atoms with E-state index < -0.39 is 5.91 Å². The molecule has 2 aromatic carbocycles. The summed E-state index contributed by atoms with van der Waals surface area (Å²) >= 11 is 6.12. The van der Waals surface area contributed by atoms with E-state index in [4.69, 9.17) is 17.0 Å². The molecule has 0 aliphatic carbocycles. The molecule has 0 unspecified atom stereocenters. The molecule has 1 aliphatic rings. The number of amidine groups is 1. The highest BCUT2D eigenvalue weighted by molar-refractivity contribution is 6.31. The molecule has 0 aromatic heterocycles. The van der Waals surface area contributed by atoms with Crippen molar-refractivity contribution in [3.05, 3.63) is 88.5 Å². The van der Waals surface area contributed by atoms with E-state index in [0.29, 0.717) is 22.1 Å². The molecule has 188 valence electrons. The maximum Gasteiger partial charge on any atom is 0.255 e. The monoisotopic (exact) mass is 505 g/mol. The minimum absolute atomic E-state index is 0.0675. The number of piperidine rings is 1. The lowest BCUT2D eigenvalue weighted by Crippen LogP contribution is -2.35. The van der Waals surface area contributed by atoms with Crippen molar-refractivity contribution in [2.24, 2.45) is 4.99 Å². The molecular formula is C28H32ClN5O2. The zero-order valence-electron chi connectivity index (χ0n) is 20.5. The molecule has 7 nitrogen and oxygen atoms in total. The van der Waals surface area contributed by atoms with Crippen LogP contribution < -0.4 is 10.6 Å². The number of carbonyl (C=O) groups is 2. The van der Waals surface area contributed by atoms with Crippen LogP contribution in [0, 0.1) is 5.41 Å². The fourth-order valence-electron chi connectivity index (χ4n) is 3.88. The van der Waals surface area contributed by atoms with Gasteiger partial charge in [-0.2, -0.15) is 0 Å². The van der Waals surface area contributed by atoms with Crippen LogP contribution in [-0.2, 0) is 0 Å². The lowest BCUT2D eigenvalue weighted by Gasteiger charge is -2.29. The van der Waals surface area contributed by atoms with E-state index in [1.807, 2.05) is 13.0 Å². The fourth-order valence-corrected chi connectivity index (χ4v) is 4.05. The third kappa shape index (κ3) is 7.39. The Morgan fingerprint density at radius 1 is 1.08 bits per heavy atom. The number of carbonyl (C=O) groups excluding carboxylic acids is 2. The molecule has 0 spiro atoms. The number of benzene rings is 2. The Balaban J connectivity index is 1.66. The van der Waals surface area contributed by atoms with Gasteiger partial charge in [0, 0.05) is 35.5 Å². The molecular weight excluding hydrogens is 474 g/mol. The third-order valence-electron chi connectivity index (χ3n) is 5.81. The van der Waals surface area contributed by atoms with Gasteiger partial charge in [-0.3, -0.25) is 20.0 Å². The van der Waals surface area contributed by atoms with Crippen LogP contribution in [0.1, 0.15) is 58.9 Å². The number of likely N-dealkylation sites (tertiary alicyclic amines) is 1. The largest absolute Gasteiger partial charge is 0.357 e. The molecule has 2 amide bonds. The summed E-state index contributed by atoms with van der Waals surface area (Å²) in [5.41, 5.74) is 2.65. The third-order valence-corrected chi connectivity index (χ3v) is 6.05. The second kappa shape index (κ2) is 13.4. The molecule has 36 heavy (non-hydrogen) atoms. The zero-order chi connectivity index (χ0) is 25.9. The Labute approximate surface area is 217 Å². The number of aliphatic imine (C=N–C) groups is 1. The summed E-state index contributed by atoms with van der Waals surface area (Å²) in [6, 6.07) is 11.7. The molecule has 3 rings (SSSR count). The quantitative estimate of drug-likeness (QED) is 0.232. The SMILES string of the molecule is C=C/C(C=NCNC(=O)c1cc(Cl)ccc1NC(=O)c1ccc(C(=N)N2CCCCC2)cc1)=C/CC. The predicted octanol–water partition coefficient (Wildman–Crippen LogP) is 5.68. The normalized spacial score (nSPS) is 13.9. The standard InChI is InChI=1S/C28H32ClN5O2/c1-3-8-20(4-2)18-31-19-32-28(36)24-17-23(29)13-14-25(24)33-27(35)22-11-9-21(10-12-22)26(30)34-15-6-5-7-16-34/h4,8-14,17-18,30H,2-3,5-7,15-16,19H2,1H3,(H,32,36)(H,33,35)/b20-8-,30-26?,31-18?. The lowest BCUT2D eigenvalue weighted by atomic mass is 10.1. The summed E-state index contributed by atoms with van der Waals surface area (Å²) in [6.07, 6.45) is 9.57. The van der Waals surface area contributed by atoms with Crippen molar-refractivity contribution in [1.29, 1.82) is 5.41 Å². The fraction of sp³-hybridized carbons (Fsp3) is 0.286. The van der Waals surface area contributed by atoms with Gasteiger partial charge in [0.25, 0.3) is 11.8 Å². The van der Waals surface area contributed by atoms with Gasteiger partial charge in [0.2, 0.25) is 0 Å². The van der Waals surface area contributed by atoms with Crippen molar-refractivity contribution in [1.82, 2.24) is 10.2 Å². The van der Waals surface area contributed by atoms with Crippen molar-refractivity contribution in [3.63, 3.8) is 0 Å². The van der Waals surface area contributed by atoms with Crippen molar-refractivity contribution >= 4 is 41.2 Å². The maximum absolute atomic E-state index is 12.9. The summed E-state index contributed by atoms with van der Waals surface area (Å²) in [6.45, 7) is 7.59. The molecule has 1 saturated heterocycles. The van der Waals surface area contributed by atoms with E-state index in [1.165, 1.54) is 12.5 Å². The maximum atomic E-state index is 12.9. The molecule has 1 fully saturated rings. The minimum atomic E-state index is -0.407. The first-order valence-electron chi connectivity index (χ1n) is 12.1. The van der Waals surface area contributed by atoms with E-state index in [0.717, 1.165) is 43.5 Å². The van der Waals surface area contributed by atoms with Gasteiger partial charge in [-0.25, -0.2) is 0 Å².